The number of halogens is 1. The zero-order valence-corrected chi connectivity index (χ0v) is 16.0. The van der Waals surface area contributed by atoms with Gasteiger partial charge in [0.15, 0.2) is 0 Å². The Hall–Kier alpha value is -3.45. The van der Waals surface area contributed by atoms with Gasteiger partial charge in [-0.2, -0.15) is 0 Å². The normalized spacial score (nSPS) is 10.2. The average molecular weight is 396 g/mol. The van der Waals surface area contributed by atoms with Crippen LogP contribution in [-0.4, -0.2) is 21.8 Å². The van der Waals surface area contributed by atoms with Gasteiger partial charge in [0.2, 0.25) is 11.9 Å². The maximum atomic E-state index is 12.5. The number of nitrogens with one attached hydrogen (secondary N) is 3. The van der Waals surface area contributed by atoms with Crippen molar-refractivity contribution >= 4 is 46.4 Å². The maximum absolute atomic E-state index is 12.5. The van der Waals surface area contributed by atoms with Gasteiger partial charge in [0.1, 0.15) is 5.69 Å². The highest BCUT2D eigenvalue weighted by atomic mass is 35.5. The smallest absolute Gasteiger partial charge is 0.274 e. The number of benzene rings is 2. The van der Waals surface area contributed by atoms with Crippen LogP contribution in [0.5, 0.6) is 0 Å². The molecule has 2 aromatic carbocycles. The van der Waals surface area contributed by atoms with Gasteiger partial charge in [-0.3, -0.25) is 9.59 Å². The van der Waals surface area contributed by atoms with Gasteiger partial charge in [-0.05, 0) is 55.0 Å². The quantitative estimate of drug-likeness (QED) is 0.595. The number of nitrogens with zero attached hydrogens (tertiary/aromatic N) is 2. The first-order valence-electron chi connectivity index (χ1n) is 8.46. The van der Waals surface area contributed by atoms with Crippen LogP contribution in [0.15, 0.2) is 54.7 Å². The monoisotopic (exact) mass is 395 g/mol. The highest BCUT2D eigenvalue weighted by Gasteiger charge is 2.11. The highest BCUT2D eigenvalue weighted by Crippen LogP contribution is 2.21. The molecule has 0 radical (unpaired) electrons. The molecule has 0 aliphatic rings. The molecule has 0 bridgehead atoms. The van der Waals surface area contributed by atoms with Crippen molar-refractivity contribution in [2.24, 2.45) is 0 Å². The second-order valence-corrected chi connectivity index (χ2v) is 6.50. The summed E-state index contributed by atoms with van der Waals surface area (Å²) in [5.41, 5.74) is 3.14. The number of hydrogen-bond acceptors (Lipinski definition) is 5. The van der Waals surface area contributed by atoms with Gasteiger partial charge in [-0.15, -0.1) is 0 Å². The van der Waals surface area contributed by atoms with E-state index < -0.39 is 0 Å². The lowest BCUT2D eigenvalue weighted by atomic mass is 10.2. The molecule has 7 nitrogen and oxygen atoms in total. The van der Waals surface area contributed by atoms with Crippen LogP contribution in [-0.2, 0) is 4.79 Å². The lowest BCUT2D eigenvalue weighted by Crippen LogP contribution is -2.15. The minimum Gasteiger partial charge on any atom is -0.326 e. The van der Waals surface area contributed by atoms with Crippen LogP contribution in [0.2, 0.25) is 5.02 Å². The molecule has 2 amide bonds. The summed E-state index contributed by atoms with van der Waals surface area (Å²) >= 11 is 5.99. The van der Waals surface area contributed by atoms with Crippen molar-refractivity contribution in [1.82, 2.24) is 9.97 Å². The van der Waals surface area contributed by atoms with Crippen LogP contribution in [0.4, 0.5) is 23.0 Å². The highest BCUT2D eigenvalue weighted by molar-refractivity contribution is 6.31. The third kappa shape index (κ3) is 5.05. The number of aryl methyl sites for hydroxylation is 1. The van der Waals surface area contributed by atoms with E-state index in [1.54, 1.807) is 36.4 Å². The molecule has 1 aromatic heterocycles. The van der Waals surface area contributed by atoms with Crippen LogP contribution in [0, 0.1) is 6.92 Å². The topological polar surface area (TPSA) is 96.0 Å². The second kappa shape index (κ2) is 8.49. The summed E-state index contributed by atoms with van der Waals surface area (Å²) in [5.74, 6) is -0.225. The van der Waals surface area contributed by atoms with E-state index in [0.29, 0.717) is 16.4 Å². The molecule has 142 valence electrons. The number of anilines is 4. The van der Waals surface area contributed by atoms with Crippen molar-refractivity contribution in [3.8, 4) is 0 Å². The van der Waals surface area contributed by atoms with Crippen molar-refractivity contribution in [2.75, 3.05) is 16.0 Å². The Balaban J connectivity index is 1.72. The summed E-state index contributed by atoms with van der Waals surface area (Å²) in [6, 6.07) is 13.9. The number of aromatic nitrogens is 2. The average Bonchev–Trinajstić information content (AvgIpc) is 2.66. The minimum absolute atomic E-state index is 0.141. The maximum Gasteiger partial charge on any atom is 0.274 e. The van der Waals surface area contributed by atoms with Crippen molar-refractivity contribution in [3.63, 3.8) is 0 Å². The Morgan fingerprint density at radius 2 is 1.68 bits per heavy atom. The number of amides is 2. The SMILES string of the molecule is CC(=O)Nc1ccc(Nc2nccc(C(=O)Nc3cc(Cl)ccc3C)n2)cc1. The van der Waals surface area contributed by atoms with Gasteiger partial charge in [-0.25, -0.2) is 9.97 Å². The number of rotatable bonds is 5. The van der Waals surface area contributed by atoms with Gasteiger partial charge < -0.3 is 16.0 Å². The van der Waals surface area contributed by atoms with E-state index in [2.05, 4.69) is 25.9 Å². The van der Waals surface area contributed by atoms with Gasteiger partial charge >= 0.3 is 0 Å². The molecular formula is C20H18ClN5O2. The van der Waals surface area contributed by atoms with E-state index in [0.717, 1.165) is 11.3 Å². The predicted octanol–water partition coefficient (Wildman–Crippen LogP) is 4.39. The van der Waals surface area contributed by atoms with E-state index in [4.69, 9.17) is 11.6 Å². The zero-order valence-electron chi connectivity index (χ0n) is 15.3. The third-order valence-electron chi connectivity index (χ3n) is 3.80. The molecule has 3 N–H and O–H groups in total. The Bertz CT molecular complexity index is 1020. The van der Waals surface area contributed by atoms with E-state index in [9.17, 15) is 9.59 Å². The minimum atomic E-state index is -0.364. The van der Waals surface area contributed by atoms with Crippen molar-refractivity contribution in [2.45, 2.75) is 13.8 Å². The Morgan fingerprint density at radius 3 is 2.39 bits per heavy atom. The predicted molar refractivity (Wildman–Crippen MR) is 110 cm³/mol. The lowest BCUT2D eigenvalue weighted by molar-refractivity contribution is -0.114. The Kier molecular flexibility index (Phi) is 5.86. The third-order valence-corrected chi connectivity index (χ3v) is 4.03. The van der Waals surface area contributed by atoms with E-state index >= 15 is 0 Å². The van der Waals surface area contributed by atoms with Crippen molar-refractivity contribution < 1.29 is 9.59 Å². The summed E-state index contributed by atoms with van der Waals surface area (Å²) in [5, 5.41) is 9.06. The summed E-state index contributed by atoms with van der Waals surface area (Å²) in [6.45, 7) is 3.32. The Labute approximate surface area is 167 Å². The molecule has 3 rings (SSSR count). The summed E-state index contributed by atoms with van der Waals surface area (Å²) in [6.07, 6.45) is 1.50. The van der Waals surface area contributed by atoms with Crippen LogP contribution in [0.1, 0.15) is 23.0 Å². The fourth-order valence-corrected chi connectivity index (χ4v) is 2.60. The first-order chi connectivity index (χ1) is 13.4. The molecule has 0 atom stereocenters. The molecular weight excluding hydrogens is 378 g/mol. The van der Waals surface area contributed by atoms with Crippen molar-refractivity contribution in [3.05, 3.63) is 71.0 Å². The van der Waals surface area contributed by atoms with Crippen LogP contribution < -0.4 is 16.0 Å². The largest absolute Gasteiger partial charge is 0.326 e. The number of carbonyl (C=O) groups is 2. The second-order valence-electron chi connectivity index (χ2n) is 6.06. The molecule has 0 saturated carbocycles. The first kappa shape index (κ1) is 19.3. The standard InChI is InChI=1S/C20H18ClN5O2/c1-12-3-4-14(21)11-18(12)25-19(28)17-9-10-22-20(26-17)24-16-7-5-15(6-8-16)23-13(2)27/h3-11H,1-2H3,(H,23,27)(H,25,28)(H,22,24,26). The van der Waals surface area contributed by atoms with E-state index in [1.165, 1.54) is 19.2 Å². The molecule has 8 heteroatoms. The molecule has 0 saturated heterocycles. The molecule has 3 aromatic rings. The van der Waals surface area contributed by atoms with Crippen LogP contribution in [0.25, 0.3) is 0 Å². The lowest BCUT2D eigenvalue weighted by Gasteiger charge is -2.10. The van der Waals surface area contributed by atoms with Crippen LogP contribution in [0.3, 0.4) is 0 Å². The van der Waals surface area contributed by atoms with Gasteiger partial charge in [0.25, 0.3) is 5.91 Å². The fourth-order valence-electron chi connectivity index (χ4n) is 2.43. The summed E-state index contributed by atoms with van der Waals surface area (Å²) in [7, 11) is 0. The Morgan fingerprint density at radius 1 is 0.964 bits per heavy atom. The molecule has 0 unspecified atom stereocenters. The number of hydrogen-bond donors (Lipinski definition) is 3. The van der Waals surface area contributed by atoms with Crippen LogP contribution >= 0.6 is 11.6 Å². The summed E-state index contributed by atoms with van der Waals surface area (Å²) < 4.78 is 0. The first-order valence-corrected chi connectivity index (χ1v) is 8.84. The van der Waals surface area contributed by atoms with E-state index in [-0.39, 0.29) is 23.5 Å². The molecule has 0 spiro atoms. The van der Waals surface area contributed by atoms with Crippen molar-refractivity contribution in [1.29, 1.82) is 0 Å². The molecule has 28 heavy (non-hydrogen) atoms. The zero-order chi connectivity index (χ0) is 20.1. The molecule has 0 aliphatic heterocycles. The fraction of sp³-hybridized carbons (Fsp3) is 0.100. The van der Waals surface area contributed by atoms with Gasteiger partial charge in [0, 0.05) is 35.2 Å². The van der Waals surface area contributed by atoms with Gasteiger partial charge in [0.05, 0.1) is 0 Å². The molecule has 1 heterocycles. The summed E-state index contributed by atoms with van der Waals surface area (Å²) in [4.78, 5) is 32.0. The molecule has 0 fully saturated rings. The van der Waals surface area contributed by atoms with E-state index in [1.807, 2.05) is 13.0 Å². The van der Waals surface area contributed by atoms with Gasteiger partial charge in [-0.1, -0.05) is 17.7 Å². The molecule has 0 aliphatic carbocycles. The number of carbonyl (C=O) groups excluding carboxylic acids is 2.